The molecule has 3 rings (SSSR count). The average molecular weight is 338 g/mol. The molecule has 130 valence electrons. The van der Waals surface area contributed by atoms with Crippen molar-refractivity contribution in [3.63, 3.8) is 0 Å². The molecule has 2 N–H and O–H groups in total. The Hall–Kier alpha value is -2.86. The second-order valence-corrected chi connectivity index (χ2v) is 5.68. The zero-order chi connectivity index (χ0) is 17.6. The molecule has 0 saturated heterocycles. The van der Waals surface area contributed by atoms with Crippen LogP contribution in [0.1, 0.15) is 28.8 Å². The van der Waals surface area contributed by atoms with E-state index in [1.807, 2.05) is 43.3 Å². The van der Waals surface area contributed by atoms with Crippen LogP contribution in [-0.2, 0) is 6.54 Å². The Bertz CT molecular complexity index is 817. The smallest absolute Gasteiger partial charge is 0.172 e. The van der Waals surface area contributed by atoms with Gasteiger partial charge in [0.2, 0.25) is 0 Å². The number of aryl methyl sites for hydroxylation is 1. The number of aromatic amines is 1. The predicted molar refractivity (Wildman–Crippen MR) is 95.8 cm³/mol. The summed E-state index contributed by atoms with van der Waals surface area (Å²) in [4.78, 5) is 4.49. The van der Waals surface area contributed by atoms with Gasteiger partial charge in [0, 0.05) is 18.2 Å². The van der Waals surface area contributed by atoms with Gasteiger partial charge in [-0.25, -0.2) is 4.98 Å². The summed E-state index contributed by atoms with van der Waals surface area (Å²) in [5, 5.41) is 10.8. The van der Waals surface area contributed by atoms with Crippen molar-refractivity contribution in [1.29, 1.82) is 0 Å². The molecular formula is C19H22N4O2. The molecule has 0 bridgehead atoms. The van der Waals surface area contributed by atoms with Gasteiger partial charge in [-0.05, 0) is 18.6 Å². The fourth-order valence-electron chi connectivity index (χ4n) is 2.70. The van der Waals surface area contributed by atoms with Gasteiger partial charge in [-0.1, -0.05) is 36.4 Å². The van der Waals surface area contributed by atoms with Crippen molar-refractivity contribution in [1.82, 2.24) is 20.5 Å². The van der Waals surface area contributed by atoms with E-state index < -0.39 is 0 Å². The molecule has 0 amide bonds. The van der Waals surface area contributed by atoms with E-state index in [0.29, 0.717) is 6.54 Å². The Labute approximate surface area is 147 Å². The van der Waals surface area contributed by atoms with Crippen LogP contribution in [0.15, 0.2) is 48.5 Å². The first kappa shape index (κ1) is 17.0. The largest absolute Gasteiger partial charge is 0.497 e. The first-order valence-electron chi connectivity index (χ1n) is 8.09. The second-order valence-electron chi connectivity index (χ2n) is 5.68. The van der Waals surface area contributed by atoms with Gasteiger partial charge in [0.25, 0.3) is 0 Å². The highest BCUT2D eigenvalue weighted by Gasteiger charge is 2.18. The fraction of sp³-hybridized carbons (Fsp3) is 0.263. The van der Waals surface area contributed by atoms with Crippen LogP contribution in [0.5, 0.6) is 11.5 Å². The van der Waals surface area contributed by atoms with Crippen molar-refractivity contribution in [2.75, 3.05) is 14.2 Å². The van der Waals surface area contributed by atoms with Gasteiger partial charge in [-0.3, -0.25) is 10.4 Å². The summed E-state index contributed by atoms with van der Waals surface area (Å²) < 4.78 is 10.7. The topological polar surface area (TPSA) is 72.1 Å². The summed E-state index contributed by atoms with van der Waals surface area (Å²) in [7, 11) is 3.30. The number of nitrogens with one attached hydrogen (secondary N) is 2. The number of benzene rings is 2. The van der Waals surface area contributed by atoms with Gasteiger partial charge in [0.15, 0.2) is 5.82 Å². The van der Waals surface area contributed by atoms with Crippen LogP contribution in [0.25, 0.3) is 0 Å². The molecule has 2 aromatic carbocycles. The standard InChI is InChI=1S/C19H22N4O2/c1-13-21-19(23-22-13)18(14-7-5-4-6-8-14)20-12-15-9-10-16(24-2)11-17(15)25-3/h4-11,18,20H,12H2,1-3H3,(H,21,22,23)/t18-/m0/s1. The molecule has 1 atom stereocenters. The summed E-state index contributed by atoms with van der Waals surface area (Å²) in [6, 6.07) is 15.8. The Morgan fingerprint density at radius 3 is 2.52 bits per heavy atom. The highest BCUT2D eigenvalue weighted by Crippen LogP contribution is 2.26. The number of hydrogen-bond acceptors (Lipinski definition) is 5. The van der Waals surface area contributed by atoms with E-state index in [-0.39, 0.29) is 6.04 Å². The van der Waals surface area contributed by atoms with E-state index in [4.69, 9.17) is 9.47 Å². The maximum atomic E-state index is 5.48. The van der Waals surface area contributed by atoms with Crippen molar-refractivity contribution < 1.29 is 9.47 Å². The van der Waals surface area contributed by atoms with E-state index in [0.717, 1.165) is 34.3 Å². The molecule has 0 radical (unpaired) electrons. The minimum absolute atomic E-state index is 0.113. The first-order chi connectivity index (χ1) is 12.2. The van der Waals surface area contributed by atoms with Gasteiger partial charge in [-0.15, -0.1) is 0 Å². The lowest BCUT2D eigenvalue weighted by Crippen LogP contribution is -2.23. The van der Waals surface area contributed by atoms with Crippen LogP contribution < -0.4 is 14.8 Å². The third kappa shape index (κ3) is 3.97. The maximum absolute atomic E-state index is 5.48. The van der Waals surface area contributed by atoms with Crippen LogP contribution >= 0.6 is 0 Å². The van der Waals surface area contributed by atoms with Gasteiger partial charge in [-0.2, -0.15) is 5.10 Å². The molecule has 0 saturated carbocycles. The Balaban J connectivity index is 1.84. The summed E-state index contributed by atoms with van der Waals surface area (Å²) in [6.07, 6.45) is 0. The lowest BCUT2D eigenvalue weighted by molar-refractivity contribution is 0.389. The van der Waals surface area contributed by atoms with Crippen LogP contribution in [0.2, 0.25) is 0 Å². The van der Waals surface area contributed by atoms with Gasteiger partial charge < -0.3 is 9.47 Å². The molecule has 1 aromatic heterocycles. The monoisotopic (exact) mass is 338 g/mol. The van der Waals surface area contributed by atoms with E-state index >= 15 is 0 Å². The van der Waals surface area contributed by atoms with Crippen molar-refractivity contribution in [3.05, 3.63) is 71.3 Å². The normalized spacial score (nSPS) is 12.0. The summed E-state index contributed by atoms with van der Waals surface area (Å²) in [5.41, 5.74) is 2.14. The average Bonchev–Trinajstić information content (AvgIpc) is 3.09. The predicted octanol–water partition coefficient (Wildman–Crippen LogP) is 3.01. The second kappa shape index (κ2) is 7.81. The molecular weight excluding hydrogens is 316 g/mol. The third-order valence-corrected chi connectivity index (χ3v) is 4.00. The zero-order valence-electron chi connectivity index (χ0n) is 14.6. The van der Waals surface area contributed by atoms with E-state index in [1.165, 1.54) is 0 Å². The molecule has 0 aliphatic rings. The van der Waals surface area contributed by atoms with Crippen molar-refractivity contribution in [3.8, 4) is 11.5 Å². The van der Waals surface area contributed by atoms with Crippen molar-refractivity contribution >= 4 is 0 Å². The SMILES string of the molecule is COc1ccc(CN[C@@H](c2ccccc2)c2n[nH]c(C)n2)c(OC)c1. The molecule has 6 nitrogen and oxygen atoms in total. The maximum Gasteiger partial charge on any atom is 0.172 e. The Kier molecular flexibility index (Phi) is 5.30. The summed E-state index contributed by atoms with van der Waals surface area (Å²) >= 11 is 0. The first-order valence-corrected chi connectivity index (χ1v) is 8.09. The van der Waals surface area contributed by atoms with Crippen LogP contribution in [0, 0.1) is 6.92 Å². The number of ether oxygens (including phenoxy) is 2. The molecule has 3 aromatic rings. The Morgan fingerprint density at radius 2 is 1.88 bits per heavy atom. The van der Waals surface area contributed by atoms with E-state index in [1.54, 1.807) is 14.2 Å². The highest BCUT2D eigenvalue weighted by molar-refractivity contribution is 5.41. The molecule has 1 heterocycles. The van der Waals surface area contributed by atoms with Crippen LogP contribution in [-0.4, -0.2) is 29.4 Å². The van der Waals surface area contributed by atoms with E-state index in [9.17, 15) is 0 Å². The van der Waals surface area contributed by atoms with Gasteiger partial charge in [0.05, 0.1) is 20.3 Å². The molecule has 0 unspecified atom stereocenters. The molecule has 0 spiro atoms. The Morgan fingerprint density at radius 1 is 1.08 bits per heavy atom. The molecule has 0 fully saturated rings. The van der Waals surface area contributed by atoms with Crippen LogP contribution in [0.4, 0.5) is 0 Å². The third-order valence-electron chi connectivity index (χ3n) is 4.00. The molecule has 0 aliphatic carbocycles. The van der Waals surface area contributed by atoms with Crippen molar-refractivity contribution in [2.45, 2.75) is 19.5 Å². The van der Waals surface area contributed by atoms with Gasteiger partial charge in [0.1, 0.15) is 17.3 Å². The molecule has 0 aliphatic heterocycles. The molecule has 25 heavy (non-hydrogen) atoms. The quantitative estimate of drug-likeness (QED) is 0.693. The summed E-state index contributed by atoms with van der Waals surface area (Å²) in [5.74, 6) is 3.06. The lowest BCUT2D eigenvalue weighted by Gasteiger charge is -2.18. The zero-order valence-corrected chi connectivity index (χ0v) is 14.6. The number of hydrogen-bond donors (Lipinski definition) is 2. The number of nitrogens with zero attached hydrogens (tertiary/aromatic N) is 2. The number of H-pyrrole nitrogens is 1. The highest BCUT2D eigenvalue weighted by atomic mass is 16.5. The minimum atomic E-state index is -0.113. The number of rotatable bonds is 7. The van der Waals surface area contributed by atoms with Crippen LogP contribution in [0.3, 0.4) is 0 Å². The fourth-order valence-corrected chi connectivity index (χ4v) is 2.70. The summed E-state index contributed by atoms with van der Waals surface area (Å²) in [6.45, 7) is 2.51. The van der Waals surface area contributed by atoms with E-state index in [2.05, 4.69) is 32.6 Å². The van der Waals surface area contributed by atoms with Crippen molar-refractivity contribution in [2.24, 2.45) is 0 Å². The number of methoxy groups -OCH3 is 2. The number of aromatic nitrogens is 3. The van der Waals surface area contributed by atoms with Gasteiger partial charge >= 0.3 is 0 Å². The molecule has 6 heteroatoms. The lowest BCUT2D eigenvalue weighted by atomic mass is 10.1. The minimum Gasteiger partial charge on any atom is -0.497 e.